The van der Waals surface area contributed by atoms with E-state index in [1.807, 2.05) is 24.4 Å². The lowest BCUT2D eigenvalue weighted by Gasteiger charge is -2.21. The Balaban J connectivity index is 0.00000341. The Bertz CT molecular complexity index is 821. The van der Waals surface area contributed by atoms with Crippen molar-refractivity contribution in [1.82, 2.24) is 15.6 Å². The number of methoxy groups -OCH3 is 2. The van der Waals surface area contributed by atoms with Gasteiger partial charge in [-0.05, 0) is 36.6 Å². The predicted octanol–water partition coefficient (Wildman–Crippen LogP) is 3.96. The lowest BCUT2D eigenvalue weighted by atomic mass is 10.2. The number of rotatable bonds is 7. The standard InChI is InChI=1S/C23H33N5O2.HI/c1-24-23(27-17-19-9-10-20(29-2)14-21(19)30-3)26-16-18-8-11-22(25-15-18)28-12-6-4-5-7-13-28;/h8-11,14-15H,4-7,12-13,16-17H2,1-3H3,(H2,24,26,27);1H. The second-order valence-electron chi connectivity index (χ2n) is 7.38. The number of hydrogen-bond donors (Lipinski definition) is 2. The zero-order valence-corrected chi connectivity index (χ0v) is 21.0. The van der Waals surface area contributed by atoms with Gasteiger partial charge in [0.05, 0.1) is 14.2 Å². The summed E-state index contributed by atoms with van der Waals surface area (Å²) >= 11 is 0. The van der Waals surface area contributed by atoms with E-state index in [1.165, 1.54) is 25.7 Å². The molecule has 0 bridgehead atoms. The van der Waals surface area contributed by atoms with Crippen LogP contribution < -0.4 is 25.0 Å². The van der Waals surface area contributed by atoms with Crippen molar-refractivity contribution in [1.29, 1.82) is 0 Å². The lowest BCUT2D eigenvalue weighted by Crippen LogP contribution is -2.36. The molecule has 2 aromatic rings. The van der Waals surface area contributed by atoms with Gasteiger partial charge in [0.2, 0.25) is 0 Å². The van der Waals surface area contributed by atoms with Crippen molar-refractivity contribution in [3.05, 3.63) is 47.7 Å². The third-order valence-electron chi connectivity index (χ3n) is 5.36. The smallest absolute Gasteiger partial charge is 0.191 e. The van der Waals surface area contributed by atoms with Gasteiger partial charge in [0.25, 0.3) is 0 Å². The fourth-order valence-electron chi connectivity index (χ4n) is 3.59. The van der Waals surface area contributed by atoms with E-state index in [-0.39, 0.29) is 24.0 Å². The zero-order chi connectivity index (χ0) is 21.2. The maximum absolute atomic E-state index is 5.46. The zero-order valence-electron chi connectivity index (χ0n) is 18.7. The third kappa shape index (κ3) is 7.45. The SMILES string of the molecule is CN=C(NCc1ccc(N2CCCCCC2)nc1)NCc1ccc(OC)cc1OC.I. The Morgan fingerprint density at radius 2 is 1.74 bits per heavy atom. The molecule has 0 saturated carbocycles. The van der Waals surface area contributed by atoms with Crippen LogP contribution in [0.5, 0.6) is 11.5 Å². The van der Waals surface area contributed by atoms with Gasteiger partial charge in [-0.2, -0.15) is 0 Å². The van der Waals surface area contributed by atoms with Crippen LogP contribution in [0.2, 0.25) is 0 Å². The minimum Gasteiger partial charge on any atom is -0.497 e. The van der Waals surface area contributed by atoms with E-state index in [9.17, 15) is 0 Å². The van der Waals surface area contributed by atoms with E-state index < -0.39 is 0 Å². The number of nitrogens with zero attached hydrogens (tertiary/aromatic N) is 3. The summed E-state index contributed by atoms with van der Waals surface area (Å²) < 4.78 is 10.7. The summed E-state index contributed by atoms with van der Waals surface area (Å²) in [5, 5.41) is 6.67. The number of aromatic nitrogens is 1. The van der Waals surface area contributed by atoms with Gasteiger partial charge < -0.3 is 25.0 Å². The molecule has 0 amide bonds. The van der Waals surface area contributed by atoms with Crippen LogP contribution in [0.25, 0.3) is 0 Å². The van der Waals surface area contributed by atoms with Crippen molar-refractivity contribution < 1.29 is 9.47 Å². The molecule has 31 heavy (non-hydrogen) atoms. The Morgan fingerprint density at radius 1 is 1.00 bits per heavy atom. The fourth-order valence-corrected chi connectivity index (χ4v) is 3.59. The van der Waals surface area contributed by atoms with Crippen molar-refractivity contribution in [3.8, 4) is 11.5 Å². The Morgan fingerprint density at radius 3 is 2.35 bits per heavy atom. The molecule has 2 heterocycles. The van der Waals surface area contributed by atoms with Gasteiger partial charge in [-0.1, -0.05) is 18.9 Å². The Kier molecular flexibility index (Phi) is 10.7. The predicted molar refractivity (Wildman–Crippen MR) is 137 cm³/mol. The summed E-state index contributed by atoms with van der Waals surface area (Å²) in [6.45, 7) is 3.47. The molecule has 1 aliphatic rings. The topological polar surface area (TPSA) is 71.0 Å². The van der Waals surface area contributed by atoms with Gasteiger partial charge in [-0.25, -0.2) is 4.98 Å². The maximum atomic E-state index is 5.46. The molecule has 0 atom stereocenters. The van der Waals surface area contributed by atoms with Crippen LogP contribution in [0.4, 0.5) is 5.82 Å². The number of anilines is 1. The van der Waals surface area contributed by atoms with Crippen molar-refractivity contribution in [2.24, 2.45) is 4.99 Å². The molecule has 7 nitrogen and oxygen atoms in total. The highest BCUT2D eigenvalue weighted by Gasteiger charge is 2.11. The van der Waals surface area contributed by atoms with E-state index in [2.05, 4.69) is 37.6 Å². The van der Waals surface area contributed by atoms with Gasteiger partial charge in [-0.15, -0.1) is 24.0 Å². The van der Waals surface area contributed by atoms with E-state index >= 15 is 0 Å². The van der Waals surface area contributed by atoms with Crippen LogP contribution in [-0.4, -0.2) is 45.3 Å². The molecule has 0 radical (unpaired) electrons. The van der Waals surface area contributed by atoms with Crippen molar-refractivity contribution in [2.45, 2.75) is 38.8 Å². The molecule has 1 aliphatic heterocycles. The third-order valence-corrected chi connectivity index (χ3v) is 5.36. The number of aliphatic imine (C=N–C) groups is 1. The monoisotopic (exact) mass is 539 g/mol. The van der Waals surface area contributed by atoms with Gasteiger partial charge in [0.1, 0.15) is 17.3 Å². The molecule has 2 N–H and O–H groups in total. The van der Waals surface area contributed by atoms with E-state index in [1.54, 1.807) is 21.3 Å². The average molecular weight is 539 g/mol. The highest BCUT2D eigenvalue weighted by molar-refractivity contribution is 14.0. The van der Waals surface area contributed by atoms with Gasteiger partial charge in [0, 0.05) is 51.1 Å². The van der Waals surface area contributed by atoms with Crippen LogP contribution in [0.3, 0.4) is 0 Å². The largest absolute Gasteiger partial charge is 0.497 e. The number of guanidine groups is 1. The highest BCUT2D eigenvalue weighted by atomic mass is 127. The Hall–Kier alpha value is -2.23. The van der Waals surface area contributed by atoms with Gasteiger partial charge in [-0.3, -0.25) is 4.99 Å². The fraction of sp³-hybridized carbons (Fsp3) is 0.478. The van der Waals surface area contributed by atoms with Crippen LogP contribution >= 0.6 is 24.0 Å². The first-order valence-corrected chi connectivity index (χ1v) is 10.6. The van der Waals surface area contributed by atoms with Gasteiger partial charge in [0.15, 0.2) is 5.96 Å². The minimum atomic E-state index is 0. The first-order chi connectivity index (χ1) is 14.7. The lowest BCUT2D eigenvalue weighted by molar-refractivity contribution is 0.390. The highest BCUT2D eigenvalue weighted by Crippen LogP contribution is 2.24. The quantitative estimate of drug-likeness (QED) is 0.316. The summed E-state index contributed by atoms with van der Waals surface area (Å²) in [5.74, 6) is 3.36. The molecule has 1 aromatic carbocycles. The number of benzene rings is 1. The van der Waals surface area contributed by atoms with Crippen LogP contribution in [0.15, 0.2) is 41.5 Å². The van der Waals surface area contributed by atoms with Crippen LogP contribution in [-0.2, 0) is 13.1 Å². The molecule has 1 aromatic heterocycles. The second kappa shape index (κ2) is 13.2. The van der Waals surface area contributed by atoms with Gasteiger partial charge >= 0.3 is 0 Å². The van der Waals surface area contributed by atoms with Crippen LogP contribution in [0.1, 0.15) is 36.8 Å². The molecular weight excluding hydrogens is 505 g/mol. The molecular formula is C23H34IN5O2. The first-order valence-electron chi connectivity index (χ1n) is 10.6. The average Bonchev–Trinajstić information content (AvgIpc) is 3.09. The van der Waals surface area contributed by atoms with Crippen molar-refractivity contribution in [2.75, 3.05) is 39.3 Å². The number of ether oxygens (including phenoxy) is 2. The molecule has 1 saturated heterocycles. The normalized spacial score (nSPS) is 14.3. The van der Waals surface area contributed by atoms with Crippen molar-refractivity contribution in [3.63, 3.8) is 0 Å². The number of halogens is 1. The second-order valence-corrected chi connectivity index (χ2v) is 7.38. The number of pyridine rings is 1. The minimum absolute atomic E-state index is 0. The summed E-state index contributed by atoms with van der Waals surface area (Å²) in [6, 6.07) is 10.1. The van der Waals surface area contributed by atoms with E-state index in [4.69, 9.17) is 9.47 Å². The number of nitrogens with one attached hydrogen (secondary N) is 2. The molecule has 1 fully saturated rings. The summed E-state index contributed by atoms with van der Waals surface area (Å²) in [4.78, 5) is 11.4. The summed E-state index contributed by atoms with van der Waals surface area (Å²) in [5.41, 5.74) is 2.16. The first kappa shape index (κ1) is 25.0. The maximum Gasteiger partial charge on any atom is 0.191 e. The number of hydrogen-bond acceptors (Lipinski definition) is 5. The molecule has 0 aliphatic carbocycles. The van der Waals surface area contributed by atoms with Crippen molar-refractivity contribution >= 4 is 35.8 Å². The van der Waals surface area contributed by atoms with E-state index in [0.717, 1.165) is 47.5 Å². The molecule has 170 valence electrons. The molecule has 0 spiro atoms. The summed E-state index contributed by atoms with van der Waals surface area (Å²) in [6.07, 6.45) is 7.12. The van der Waals surface area contributed by atoms with E-state index in [0.29, 0.717) is 13.1 Å². The molecule has 3 rings (SSSR count). The summed E-state index contributed by atoms with van der Waals surface area (Å²) in [7, 11) is 5.07. The van der Waals surface area contributed by atoms with Crippen LogP contribution in [0, 0.1) is 0 Å². The molecule has 0 unspecified atom stereocenters. The molecule has 8 heteroatoms. The Labute approximate surface area is 202 Å².